The average molecular weight is 1490 g/mol. The van der Waals surface area contributed by atoms with Crippen molar-refractivity contribution in [3.05, 3.63) is 30.3 Å². The molecule has 3 fully saturated rings. The number of aliphatic hydroxyl groups is 1. The van der Waals surface area contributed by atoms with Gasteiger partial charge in [-0.05, 0) is 145 Å². The van der Waals surface area contributed by atoms with Gasteiger partial charge >= 0.3 is 0 Å². The van der Waals surface area contributed by atoms with E-state index in [1.165, 1.54) is 104 Å². The highest BCUT2D eigenvalue weighted by Gasteiger charge is 2.48. The number of hydrogen-bond acceptors (Lipinski definition) is 19. The number of carbonyl (C=O) groups is 11. The Labute approximate surface area is 626 Å². The molecule has 1 unspecified atom stereocenters. The van der Waals surface area contributed by atoms with Crippen molar-refractivity contribution in [2.24, 2.45) is 29.6 Å². The first-order valence-corrected chi connectivity index (χ1v) is 38.6. The van der Waals surface area contributed by atoms with Gasteiger partial charge in [-0.1, -0.05) is 106 Å². The van der Waals surface area contributed by atoms with Crippen molar-refractivity contribution in [3.8, 4) is 5.69 Å². The molecule has 31 heteroatoms. The maximum absolute atomic E-state index is 15.7. The Kier molecular flexibility index (Phi) is 34.6. The molecule has 0 spiro atoms. The van der Waals surface area contributed by atoms with E-state index in [0.717, 1.165) is 36.6 Å². The van der Waals surface area contributed by atoms with Gasteiger partial charge in [-0.2, -0.15) is 4.68 Å². The molecule has 3 saturated heterocycles. The third-order valence-electron chi connectivity index (χ3n) is 20.8. The summed E-state index contributed by atoms with van der Waals surface area (Å²) in [7, 11) is 8.50. The number of aromatic nitrogens is 4. The van der Waals surface area contributed by atoms with E-state index >= 15 is 38.4 Å². The Morgan fingerprint density at radius 3 is 1.76 bits per heavy atom. The number of unbranched alkanes of at least 4 members (excludes halogenated alkanes) is 2. The summed E-state index contributed by atoms with van der Waals surface area (Å²) in [5, 5.41) is 36.6. The number of fused-ring (bicyclic) bond motifs is 3. The lowest BCUT2D eigenvalue weighted by Gasteiger charge is -2.45. The highest BCUT2D eigenvalue weighted by atomic mass is 32.2. The van der Waals surface area contributed by atoms with Crippen LogP contribution in [0.4, 0.5) is 0 Å². The van der Waals surface area contributed by atoms with Crippen molar-refractivity contribution in [2.75, 3.05) is 87.5 Å². The Hall–Kier alpha value is -7.35. The number of ether oxygens (including phenoxy) is 2. The lowest BCUT2D eigenvalue weighted by atomic mass is 9.91. The summed E-state index contributed by atoms with van der Waals surface area (Å²) >= 11 is 1.44. The van der Waals surface area contributed by atoms with Gasteiger partial charge in [-0.3, -0.25) is 57.6 Å². The molecule has 3 aliphatic heterocycles. The predicted molar refractivity (Wildman–Crippen MR) is 398 cm³/mol. The van der Waals surface area contributed by atoms with Crippen molar-refractivity contribution in [3.63, 3.8) is 0 Å². The average Bonchev–Trinajstić information content (AvgIpc) is 1.28. The quantitative estimate of drug-likeness (QED) is 0.0787. The van der Waals surface area contributed by atoms with E-state index < -0.39 is 167 Å². The molecule has 105 heavy (non-hydrogen) atoms. The number of carbonyl (C=O) groups excluding carboxylic acids is 11. The SMILES string of the molecule is CC[C@@H]1NC(=O)[C@H]([C@H](O)[C@H](C)CCCCSc2nnnn2-c2ccccc2)NC(=O)[C@H](C(C)C)N(C)C(=O)[C@@H]2CC(C)N(C(=O)[C@H](C)NC(=O)[C@H](CC(C)C)N(C)C(=O)[C@H](C(C)C)NC(=O)[C@H]([C@@H](C)OCCCCN3CCOCC3)N(C)C(=O)[C@@H](C)N(C)C1=O)[C@H](C)C(=O)N(C)[C@@H](CC(C)C)C(=O)N2C. The van der Waals surface area contributed by atoms with Crippen LogP contribution in [0.5, 0.6) is 0 Å². The smallest absolute Gasteiger partial charge is 0.246 e. The lowest BCUT2D eigenvalue weighted by Crippen LogP contribution is -2.65. The van der Waals surface area contributed by atoms with E-state index in [2.05, 4.69) is 41.7 Å². The number of morpholine rings is 1. The summed E-state index contributed by atoms with van der Waals surface area (Å²) in [5.41, 5.74) is 0.785. The molecule has 3 aliphatic rings. The molecule has 2 aromatic rings. The molecule has 2 bridgehead atoms. The highest BCUT2D eigenvalue weighted by molar-refractivity contribution is 7.99. The third kappa shape index (κ3) is 23.3. The number of aliphatic hydroxyl groups excluding tert-OH is 1. The third-order valence-corrected chi connectivity index (χ3v) is 21.8. The Bertz CT molecular complexity index is 3230. The molecule has 0 aliphatic carbocycles. The first-order chi connectivity index (χ1) is 49.4. The normalized spacial score (nSPS) is 27.0. The van der Waals surface area contributed by atoms with Crippen LogP contribution in [-0.4, -0.2) is 302 Å². The zero-order chi connectivity index (χ0) is 78.6. The van der Waals surface area contributed by atoms with Crippen LogP contribution in [0.15, 0.2) is 35.5 Å². The van der Waals surface area contributed by atoms with Crippen LogP contribution in [0.1, 0.15) is 162 Å². The molecule has 1 aromatic carbocycles. The first-order valence-electron chi connectivity index (χ1n) is 37.6. The summed E-state index contributed by atoms with van der Waals surface area (Å²) in [6, 6.07) is -6.56. The van der Waals surface area contributed by atoms with Crippen LogP contribution in [0.25, 0.3) is 5.69 Å². The Balaban J connectivity index is 1.64. The topological polar surface area (TPSA) is 344 Å². The maximum atomic E-state index is 15.7. The van der Waals surface area contributed by atoms with Crippen LogP contribution in [0.2, 0.25) is 0 Å². The van der Waals surface area contributed by atoms with Crippen molar-refractivity contribution in [2.45, 2.75) is 252 Å². The number of para-hydroxylation sites is 1. The number of rotatable bonds is 23. The monoisotopic (exact) mass is 1490 g/mol. The summed E-state index contributed by atoms with van der Waals surface area (Å²) in [6.45, 7) is 29.2. The number of tetrazole rings is 1. The molecule has 0 saturated carbocycles. The number of thioether (sulfide) groups is 1. The first kappa shape index (κ1) is 88.3. The summed E-state index contributed by atoms with van der Waals surface area (Å²) in [5.74, 6) is -9.80. The minimum atomic E-state index is -1.76. The fourth-order valence-electron chi connectivity index (χ4n) is 14.1. The fourth-order valence-corrected chi connectivity index (χ4v) is 15.0. The molecule has 590 valence electrons. The van der Waals surface area contributed by atoms with Gasteiger partial charge < -0.3 is 70.1 Å². The van der Waals surface area contributed by atoms with Crippen molar-refractivity contribution >= 4 is 76.7 Å². The van der Waals surface area contributed by atoms with Gasteiger partial charge in [0.15, 0.2) is 0 Å². The second kappa shape index (κ2) is 41.1. The largest absolute Gasteiger partial charge is 0.390 e. The van der Waals surface area contributed by atoms with Crippen molar-refractivity contribution in [1.82, 2.24) is 80.7 Å². The van der Waals surface area contributed by atoms with Gasteiger partial charge in [-0.15, -0.1) is 5.10 Å². The van der Waals surface area contributed by atoms with E-state index in [4.69, 9.17) is 9.47 Å². The highest BCUT2D eigenvalue weighted by Crippen LogP contribution is 2.29. The second-order valence-electron chi connectivity index (χ2n) is 30.5. The van der Waals surface area contributed by atoms with Gasteiger partial charge in [0, 0.05) is 73.8 Å². The zero-order valence-electron chi connectivity index (χ0n) is 66.2. The van der Waals surface area contributed by atoms with Crippen molar-refractivity contribution in [1.29, 1.82) is 0 Å². The molecule has 15 atom stereocenters. The number of amides is 11. The molecule has 11 amide bonds. The summed E-state index contributed by atoms with van der Waals surface area (Å²) < 4.78 is 13.5. The maximum Gasteiger partial charge on any atom is 0.246 e. The van der Waals surface area contributed by atoms with Crippen LogP contribution in [-0.2, 0) is 62.2 Å². The Morgan fingerprint density at radius 2 is 1.16 bits per heavy atom. The van der Waals surface area contributed by atoms with Crippen molar-refractivity contribution < 1.29 is 67.3 Å². The molecule has 5 rings (SSSR count). The van der Waals surface area contributed by atoms with Crippen LogP contribution < -0.4 is 21.3 Å². The van der Waals surface area contributed by atoms with Gasteiger partial charge in [0.05, 0.1) is 31.1 Å². The van der Waals surface area contributed by atoms with Gasteiger partial charge in [0.1, 0.15) is 66.5 Å². The number of nitrogens with one attached hydrogen (secondary N) is 4. The van der Waals surface area contributed by atoms with E-state index in [0.29, 0.717) is 49.8 Å². The van der Waals surface area contributed by atoms with Gasteiger partial charge in [0.2, 0.25) is 70.1 Å². The standard InChI is InChI=1S/C74H124N16O14S/c1-22-54-70(99)82(16)50(13)68(97)87(21)61(52(15)104-36-28-27-33-88-34-37-103-38-35-88)66(95)77-58(45(6)7)73(102)83(17)55(40-43(2)3)63(92)75-49(12)67(96)89-48(11)42-57(85(19)71(100)56(41-44(4)5)84(18)69(98)51(89)14)72(101)86(20)60(46(8)9)65(94)78-59(64(93)76-54)62(91)47(10)30-26-29-39-105-74-79-80-81-90(74)53-31-24-23-25-32-53/h23-25,31-32,43-52,54-62,91H,22,26-30,33-42H2,1-21H3,(H,75,92)(H,76,93)(H,77,95)(H,78,94)/t47-,48?,49+,50-,51-,52-,54+,55+,56+,57+,58+,59+,60+,61+,62-/m1/s1. The molecule has 1 aromatic heterocycles. The number of nitrogens with zero attached hydrogens (tertiary/aromatic N) is 12. The minimum absolute atomic E-state index is 0.0377. The van der Waals surface area contributed by atoms with E-state index in [-0.39, 0.29) is 44.1 Å². The van der Waals surface area contributed by atoms with Crippen LogP contribution in [0.3, 0.4) is 0 Å². The van der Waals surface area contributed by atoms with Gasteiger partial charge in [0.25, 0.3) is 0 Å². The fraction of sp³-hybridized carbons (Fsp3) is 0.757. The second-order valence-corrected chi connectivity index (χ2v) is 31.6. The number of hydrogen-bond donors (Lipinski definition) is 5. The van der Waals surface area contributed by atoms with Crippen LogP contribution in [0, 0.1) is 29.6 Å². The molecular formula is C74H124N16O14S. The van der Waals surface area contributed by atoms with E-state index in [1.54, 1.807) is 60.1 Å². The van der Waals surface area contributed by atoms with Gasteiger partial charge in [-0.25, -0.2) is 0 Å². The molecule has 5 N–H and O–H groups in total. The number of likely N-dealkylation sites (N-methyl/N-ethyl adjacent to an activating group) is 6. The zero-order valence-corrected chi connectivity index (χ0v) is 67.0. The van der Waals surface area contributed by atoms with E-state index in [1.807, 2.05) is 58.0 Å². The molecule has 30 nitrogen and oxygen atoms in total. The minimum Gasteiger partial charge on any atom is -0.390 e. The summed E-state index contributed by atoms with van der Waals surface area (Å²) in [6.07, 6.45) is 0.241. The molecular weight excluding hydrogens is 1370 g/mol. The molecule has 0 radical (unpaired) electrons. The van der Waals surface area contributed by atoms with Crippen LogP contribution >= 0.6 is 11.8 Å². The Morgan fingerprint density at radius 1 is 0.581 bits per heavy atom. The number of benzene rings is 1. The lowest BCUT2D eigenvalue weighted by molar-refractivity contribution is -0.159. The summed E-state index contributed by atoms with van der Waals surface area (Å²) in [4.78, 5) is 178. The molecule has 4 heterocycles. The van der Waals surface area contributed by atoms with E-state index in [9.17, 15) is 19.5 Å². The predicted octanol–water partition coefficient (Wildman–Crippen LogP) is 3.22.